The Labute approximate surface area is 190 Å². The SMILES string of the molecule is COc1ccc2occ(C[C@H](C(=O)OC(C)(C)C)[C@H]3CCN(C(=O)OC(C)(C)C)C3)c2c1. The molecule has 0 N–H and O–H groups in total. The largest absolute Gasteiger partial charge is 0.497 e. The van der Waals surface area contributed by atoms with Gasteiger partial charge in [0.2, 0.25) is 0 Å². The van der Waals surface area contributed by atoms with E-state index in [4.69, 9.17) is 18.6 Å². The van der Waals surface area contributed by atoms with E-state index in [0.29, 0.717) is 25.9 Å². The van der Waals surface area contributed by atoms with Gasteiger partial charge < -0.3 is 23.5 Å². The summed E-state index contributed by atoms with van der Waals surface area (Å²) < 4.78 is 22.4. The Morgan fingerprint density at radius 2 is 1.81 bits per heavy atom. The van der Waals surface area contributed by atoms with Gasteiger partial charge in [0.1, 0.15) is 22.5 Å². The number of nitrogens with zero attached hydrogens (tertiary/aromatic N) is 1. The van der Waals surface area contributed by atoms with E-state index in [1.165, 1.54) is 0 Å². The molecular weight excluding hydrogens is 410 g/mol. The molecule has 2 aromatic rings. The van der Waals surface area contributed by atoms with Crippen molar-refractivity contribution < 1.29 is 28.2 Å². The number of furan rings is 1. The summed E-state index contributed by atoms with van der Waals surface area (Å²) in [5, 5.41) is 0.917. The Hall–Kier alpha value is -2.70. The van der Waals surface area contributed by atoms with Crippen LogP contribution >= 0.6 is 0 Å². The number of carbonyl (C=O) groups excluding carboxylic acids is 2. The van der Waals surface area contributed by atoms with Crippen LogP contribution in [0.4, 0.5) is 4.79 Å². The average Bonchev–Trinajstić information content (AvgIpc) is 3.30. The molecule has 1 aliphatic rings. The van der Waals surface area contributed by atoms with E-state index in [-0.39, 0.29) is 18.0 Å². The topological polar surface area (TPSA) is 78.2 Å². The van der Waals surface area contributed by atoms with Crippen LogP contribution in [0.1, 0.15) is 53.5 Å². The quantitative estimate of drug-likeness (QED) is 0.589. The molecule has 0 unspecified atom stereocenters. The first kappa shape index (κ1) is 24.0. The molecule has 1 aromatic carbocycles. The second-order valence-electron chi connectivity index (χ2n) is 10.4. The molecule has 0 spiro atoms. The first-order valence-electron chi connectivity index (χ1n) is 11.1. The molecule has 1 fully saturated rings. The normalized spacial score (nSPS) is 18.0. The Bertz CT molecular complexity index is 965. The zero-order valence-electron chi connectivity index (χ0n) is 20.2. The van der Waals surface area contributed by atoms with E-state index in [0.717, 1.165) is 22.3 Å². The summed E-state index contributed by atoms with van der Waals surface area (Å²) >= 11 is 0. The Kier molecular flexibility index (Phi) is 6.77. The van der Waals surface area contributed by atoms with Crippen LogP contribution in [-0.4, -0.2) is 48.4 Å². The molecule has 0 radical (unpaired) electrons. The van der Waals surface area contributed by atoms with Gasteiger partial charge in [-0.3, -0.25) is 4.79 Å². The van der Waals surface area contributed by atoms with Crippen molar-refractivity contribution in [2.75, 3.05) is 20.2 Å². The molecule has 0 bridgehead atoms. The molecule has 7 heteroatoms. The van der Waals surface area contributed by atoms with E-state index < -0.39 is 17.1 Å². The highest BCUT2D eigenvalue weighted by molar-refractivity contribution is 5.83. The number of hydrogen-bond donors (Lipinski definition) is 0. The van der Waals surface area contributed by atoms with E-state index >= 15 is 0 Å². The molecule has 176 valence electrons. The van der Waals surface area contributed by atoms with Crippen LogP contribution < -0.4 is 4.74 Å². The maximum atomic E-state index is 13.2. The Balaban J connectivity index is 1.84. The minimum Gasteiger partial charge on any atom is -0.497 e. The second kappa shape index (κ2) is 9.04. The van der Waals surface area contributed by atoms with Gasteiger partial charge in [-0.2, -0.15) is 0 Å². The van der Waals surface area contributed by atoms with Gasteiger partial charge >= 0.3 is 12.1 Å². The minimum absolute atomic E-state index is 0.0343. The summed E-state index contributed by atoms with van der Waals surface area (Å²) in [7, 11) is 1.62. The lowest BCUT2D eigenvalue weighted by Crippen LogP contribution is -2.38. The third kappa shape index (κ3) is 5.96. The van der Waals surface area contributed by atoms with Gasteiger partial charge in [0, 0.05) is 18.5 Å². The lowest BCUT2D eigenvalue weighted by atomic mass is 9.86. The van der Waals surface area contributed by atoms with E-state index in [1.807, 2.05) is 59.7 Å². The van der Waals surface area contributed by atoms with Crippen LogP contribution in [0.3, 0.4) is 0 Å². The van der Waals surface area contributed by atoms with E-state index in [2.05, 4.69) is 0 Å². The number of rotatable bonds is 5. The van der Waals surface area contributed by atoms with Crippen molar-refractivity contribution in [1.82, 2.24) is 4.90 Å². The van der Waals surface area contributed by atoms with Crippen molar-refractivity contribution in [2.45, 2.75) is 65.6 Å². The number of esters is 1. The van der Waals surface area contributed by atoms with E-state index in [1.54, 1.807) is 18.3 Å². The van der Waals surface area contributed by atoms with Crippen LogP contribution in [0.5, 0.6) is 5.75 Å². The van der Waals surface area contributed by atoms with Crippen molar-refractivity contribution in [3.05, 3.63) is 30.0 Å². The van der Waals surface area contributed by atoms with Crippen LogP contribution in [0.15, 0.2) is 28.9 Å². The molecule has 1 saturated heterocycles. The van der Waals surface area contributed by atoms with Gasteiger partial charge in [0.25, 0.3) is 0 Å². The van der Waals surface area contributed by atoms with Crippen molar-refractivity contribution >= 4 is 23.0 Å². The minimum atomic E-state index is -0.597. The number of fused-ring (bicyclic) bond motifs is 1. The second-order valence-corrected chi connectivity index (χ2v) is 10.4. The van der Waals surface area contributed by atoms with Crippen LogP contribution in [-0.2, 0) is 20.7 Å². The first-order chi connectivity index (χ1) is 14.9. The monoisotopic (exact) mass is 445 g/mol. The molecule has 0 aliphatic carbocycles. The molecular formula is C25H35NO6. The third-order valence-electron chi connectivity index (χ3n) is 5.46. The van der Waals surface area contributed by atoms with Crippen LogP contribution in [0, 0.1) is 11.8 Å². The highest BCUT2D eigenvalue weighted by Gasteiger charge is 2.39. The number of benzene rings is 1. The first-order valence-corrected chi connectivity index (χ1v) is 11.1. The zero-order chi connectivity index (χ0) is 23.7. The standard InChI is InChI=1S/C25H35NO6/c1-24(2,3)31-22(27)20(16-10-11-26(14-16)23(28)32-25(4,5)6)12-17-15-30-21-9-8-18(29-7)13-19(17)21/h8-9,13,15-16,20H,10-12,14H2,1-7H3/t16-,20-/m0/s1. The van der Waals surface area contributed by atoms with Crippen molar-refractivity contribution in [3.63, 3.8) is 0 Å². The fourth-order valence-electron chi connectivity index (χ4n) is 4.01. The number of carbonyl (C=O) groups is 2. The number of hydrogen-bond acceptors (Lipinski definition) is 6. The highest BCUT2D eigenvalue weighted by Crippen LogP contribution is 2.34. The van der Waals surface area contributed by atoms with Gasteiger partial charge in [-0.05, 0) is 84.1 Å². The van der Waals surface area contributed by atoms with Gasteiger partial charge in [-0.1, -0.05) is 0 Å². The number of ether oxygens (including phenoxy) is 3. The molecule has 32 heavy (non-hydrogen) atoms. The summed E-state index contributed by atoms with van der Waals surface area (Å²) in [6.45, 7) is 12.1. The van der Waals surface area contributed by atoms with Gasteiger partial charge in [-0.25, -0.2) is 4.79 Å². The van der Waals surface area contributed by atoms with Gasteiger partial charge in [0.05, 0.1) is 19.3 Å². The molecule has 0 saturated carbocycles. The molecule has 1 aliphatic heterocycles. The van der Waals surface area contributed by atoms with E-state index in [9.17, 15) is 9.59 Å². The summed E-state index contributed by atoms with van der Waals surface area (Å²) in [4.78, 5) is 27.5. The predicted molar refractivity (Wildman–Crippen MR) is 122 cm³/mol. The Morgan fingerprint density at radius 1 is 1.12 bits per heavy atom. The lowest BCUT2D eigenvalue weighted by molar-refractivity contribution is -0.161. The summed E-state index contributed by atoms with van der Waals surface area (Å²) in [5.41, 5.74) is 0.505. The molecule has 1 aromatic heterocycles. The van der Waals surface area contributed by atoms with Crippen LogP contribution in [0.2, 0.25) is 0 Å². The lowest BCUT2D eigenvalue weighted by Gasteiger charge is -2.28. The van der Waals surface area contributed by atoms with Crippen LogP contribution in [0.25, 0.3) is 11.0 Å². The molecule has 7 nitrogen and oxygen atoms in total. The number of methoxy groups -OCH3 is 1. The number of amides is 1. The Morgan fingerprint density at radius 3 is 2.44 bits per heavy atom. The van der Waals surface area contributed by atoms with Gasteiger partial charge in [0.15, 0.2) is 0 Å². The summed E-state index contributed by atoms with van der Waals surface area (Å²) in [6.07, 6.45) is 2.52. The summed E-state index contributed by atoms with van der Waals surface area (Å²) in [6, 6.07) is 5.62. The van der Waals surface area contributed by atoms with Gasteiger partial charge in [-0.15, -0.1) is 0 Å². The van der Waals surface area contributed by atoms with Crippen molar-refractivity contribution in [2.24, 2.45) is 11.8 Å². The molecule has 3 rings (SSSR count). The highest BCUT2D eigenvalue weighted by atomic mass is 16.6. The molecule has 2 atom stereocenters. The fourth-order valence-corrected chi connectivity index (χ4v) is 4.01. The fraction of sp³-hybridized carbons (Fsp3) is 0.600. The zero-order valence-corrected chi connectivity index (χ0v) is 20.2. The van der Waals surface area contributed by atoms with Crippen molar-refractivity contribution in [3.8, 4) is 5.75 Å². The molecule has 1 amide bonds. The third-order valence-corrected chi connectivity index (χ3v) is 5.46. The summed E-state index contributed by atoms with van der Waals surface area (Å²) in [5.74, 6) is 0.0262. The maximum Gasteiger partial charge on any atom is 0.410 e. The van der Waals surface area contributed by atoms with Crippen molar-refractivity contribution in [1.29, 1.82) is 0 Å². The smallest absolute Gasteiger partial charge is 0.410 e. The maximum absolute atomic E-state index is 13.2. The predicted octanol–water partition coefficient (Wildman–Crippen LogP) is 5.20. The number of likely N-dealkylation sites (tertiary alicyclic amines) is 1. The average molecular weight is 446 g/mol. The molecule has 2 heterocycles.